The zero-order valence-corrected chi connectivity index (χ0v) is 15.4. The average Bonchev–Trinajstić information content (AvgIpc) is 2.61. The average molecular weight is 363 g/mol. The molecule has 2 aromatic carbocycles. The number of rotatable bonds is 8. The van der Waals surface area contributed by atoms with Gasteiger partial charge in [-0.15, -0.1) is 0 Å². The maximum Gasteiger partial charge on any atom is 0.243 e. The zero-order valence-electron chi connectivity index (χ0n) is 14.6. The molecule has 134 valence electrons. The minimum absolute atomic E-state index is 0.133. The molecule has 2 aromatic rings. The Morgan fingerprint density at radius 1 is 1.16 bits per heavy atom. The lowest BCUT2D eigenvalue weighted by Crippen LogP contribution is -2.21. The van der Waals surface area contributed by atoms with Crippen molar-refractivity contribution < 1.29 is 14.3 Å². The Bertz CT molecular complexity index is 704. The van der Waals surface area contributed by atoms with Gasteiger partial charge in [-0.3, -0.25) is 4.79 Å². The van der Waals surface area contributed by atoms with Gasteiger partial charge in [-0.2, -0.15) is 0 Å². The van der Waals surface area contributed by atoms with Crippen LogP contribution in [0.4, 0.5) is 11.4 Å². The van der Waals surface area contributed by atoms with E-state index < -0.39 is 0 Å². The SMILES string of the molecule is CCC(C)Oc1ccc(NC(=O)CNc2ccc(OC)c(Cl)c2)cc1. The van der Waals surface area contributed by atoms with Crippen LogP contribution in [-0.2, 0) is 4.79 Å². The first-order chi connectivity index (χ1) is 12.0. The third-order valence-corrected chi connectivity index (χ3v) is 3.95. The van der Waals surface area contributed by atoms with E-state index in [4.69, 9.17) is 21.1 Å². The van der Waals surface area contributed by atoms with Crippen molar-refractivity contribution in [3.8, 4) is 11.5 Å². The Hall–Kier alpha value is -2.40. The molecule has 2 N–H and O–H groups in total. The van der Waals surface area contributed by atoms with Crippen molar-refractivity contribution in [2.75, 3.05) is 24.3 Å². The predicted octanol–water partition coefficient (Wildman–Crippen LogP) is 4.58. The van der Waals surface area contributed by atoms with E-state index in [1.807, 2.05) is 31.2 Å². The highest BCUT2D eigenvalue weighted by Crippen LogP contribution is 2.27. The van der Waals surface area contributed by atoms with Gasteiger partial charge in [0.15, 0.2) is 0 Å². The third-order valence-electron chi connectivity index (χ3n) is 3.66. The summed E-state index contributed by atoms with van der Waals surface area (Å²) in [5.41, 5.74) is 1.47. The summed E-state index contributed by atoms with van der Waals surface area (Å²) in [5, 5.41) is 6.34. The van der Waals surface area contributed by atoms with E-state index in [0.29, 0.717) is 10.8 Å². The summed E-state index contributed by atoms with van der Waals surface area (Å²) >= 11 is 6.06. The fourth-order valence-electron chi connectivity index (χ4n) is 2.10. The highest BCUT2D eigenvalue weighted by Gasteiger charge is 2.06. The second-order valence-electron chi connectivity index (χ2n) is 5.61. The highest BCUT2D eigenvalue weighted by molar-refractivity contribution is 6.32. The molecule has 0 fully saturated rings. The molecule has 0 saturated carbocycles. The molecule has 0 aliphatic carbocycles. The summed E-state index contributed by atoms with van der Waals surface area (Å²) in [6, 6.07) is 12.6. The van der Waals surface area contributed by atoms with Crippen molar-refractivity contribution in [1.82, 2.24) is 0 Å². The maximum absolute atomic E-state index is 12.0. The van der Waals surface area contributed by atoms with Crippen LogP contribution in [0.15, 0.2) is 42.5 Å². The van der Waals surface area contributed by atoms with E-state index >= 15 is 0 Å². The van der Waals surface area contributed by atoms with E-state index in [2.05, 4.69) is 17.6 Å². The van der Waals surface area contributed by atoms with Crippen LogP contribution in [0, 0.1) is 0 Å². The molecule has 1 atom stereocenters. The van der Waals surface area contributed by atoms with E-state index in [1.54, 1.807) is 25.3 Å². The molecule has 5 nitrogen and oxygen atoms in total. The Labute approximate surface area is 153 Å². The van der Waals surface area contributed by atoms with Crippen LogP contribution in [0.25, 0.3) is 0 Å². The number of nitrogens with one attached hydrogen (secondary N) is 2. The molecular weight excluding hydrogens is 340 g/mol. The molecule has 1 amide bonds. The number of halogens is 1. The number of hydrogen-bond donors (Lipinski definition) is 2. The fourth-order valence-corrected chi connectivity index (χ4v) is 2.35. The summed E-state index contributed by atoms with van der Waals surface area (Å²) in [4.78, 5) is 12.0. The smallest absolute Gasteiger partial charge is 0.243 e. The van der Waals surface area contributed by atoms with Crippen molar-refractivity contribution in [3.63, 3.8) is 0 Å². The van der Waals surface area contributed by atoms with Gasteiger partial charge in [-0.05, 0) is 55.8 Å². The summed E-state index contributed by atoms with van der Waals surface area (Å²) in [7, 11) is 1.56. The standard InChI is InChI=1S/C19H23ClN2O3/c1-4-13(2)25-16-8-5-14(6-9-16)22-19(23)12-21-15-7-10-18(24-3)17(20)11-15/h5-11,13,21H,4,12H2,1-3H3,(H,22,23). The lowest BCUT2D eigenvalue weighted by molar-refractivity contribution is -0.114. The van der Waals surface area contributed by atoms with E-state index in [0.717, 1.165) is 23.5 Å². The molecule has 0 radical (unpaired) electrons. The minimum Gasteiger partial charge on any atom is -0.495 e. The molecule has 0 aliphatic heterocycles. The molecule has 2 rings (SSSR count). The van der Waals surface area contributed by atoms with Crippen LogP contribution in [0.3, 0.4) is 0 Å². The first-order valence-corrected chi connectivity index (χ1v) is 8.53. The number of carbonyl (C=O) groups is 1. The normalized spacial score (nSPS) is 11.5. The maximum atomic E-state index is 12.0. The second kappa shape index (κ2) is 9.18. The summed E-state index contributed by atoms with van der Waals surface area (Å²) < 4.78 is 10.8. The van der Waals surface area contributed by atoms with Crippen LogP contribution in [-0.4, -0.2) is 25.7 Å². The minimum atomic E-state index is -0.150. The van der Waals surface area contributed by atoms with Crippen LogP contribution < -0.4 is 20.1 Å². The van der Waals surface area contributed by atoms with Gasteiger partial charge in [0.1, 0.15) is 11.5 Å². The molecule has 6 heteroatoms. The Morgan fingerprint density at radius 2 is 1.84 bits per heavy atom. The Kier molecular flexibility index (Phi) is 6.95. The van der Waals surface area contributed by atoms with Crippen molar-refractivity contribution in [1.29, 1.82) is 0 Å². The van der Waals surface area contributed by atoms with Crippen LogP contribution >= 0.6 is 11.6 Å². The highest BCUT2D eigenvalue weighted by atomic mass is 35.5. The van der Waals surface area contributed by atoms with Crippen LogP contribution in [0.2, 0.25) is 5.02 Å². The summed E-state index contributed by atoms with van der Waals surface area (Å²) in [5.74, 6) is 1.23. The second-order valence-corrected chi connectivity index (χ2v) is 6.02. The molecule has 1 unspecified atom stereocenters. The zero-order chi connectivity index (χ0) is 18.2. The molecule has 0 heterocycles. The van der Waals surface area contributed by atoms with Gasteiger partial charge < -0.3 is 20.1 Å². The Balaban J connectivity index is 1.84. The number of ether oxygens (including phenoxy) is 2. The molecule has 0 aromatic heterocycles. The van der Waals surface area contributed by atoms with Gasteiger partial charge in [0.2, 0.25) is 5.91 Å². The van der Waals surface area contributed by atoms with Crippen molar-refractivity contribution in [2.24, 2.45) is 0 Å². The monoisotopic (exact) mass is 362 g/mol. The van der Waals surface area contributed by atoms with Crippen molar-refractivity contribution in [2.45, 2.75) is 26.4 Å². The van der Waals surface area contributed by atoms with Crippen LogP contribution in [0.1, 0.15) is 20.3 Å². The Morgan fingerprint density at radius 3 is 2.44 bits per heavy atom. The molecule has 0 bridgehead atoms. The molecule has 0 spiro atoms. The number of benzene rings is 2. The van der Waals surface area contributed by atoms with Gasteiger partial charge >= 0.3 is 0 Å². The van der Waals surface area contributed by atoms with E-state index in [-0.39, 0.29) is 18.6 Å². The third kappa shape index (κ3) is 5.87. The van der Waals surface area contributed by atoms with Gasteiger partial charge in [0.05, 0.1) is 24.8 Å². The fraction of sp³-hybridized carbons (Fsp3) is 0.316. The van der Waals surface area contributed by atoms with Gasteiger partial charge in [0.25, 0.3) is 0 Å². The lowest BCUT2D eigenvalue weighted by Gasteiger charge is -2.13. The first kappa shape index (κ1) is 18.9. The topological polar surface area (TPSA) is 59.6 Å². The molecule has 0 aliphatic rings. The first-order valence-electron chi connectivity index (χ1n) is 8.15. The van der Waals surface area contributed by atoms with E-state index in [1.165, 1.54) is 0 Å². The summed E-state index contributed by atoms with van der Waals surface area (Å²) in [6.45, 7) is 4.23. The van der Waals surface area contributed by atoms with Gasteiger partial charge in [-0.25, -0.2) is 0 Å². The summed E-state index contributed by atoms with van der Waals surface area (Å²) in [6.07, 6.45) is 1.11. The van der Waals surface area contributed by atoms with Crippen molar-refractivity contribution in [3.05, 3.63) is 47.5 Å². The molecule has 25 heavy (non-hydrogen) atoms. The number of methoxy groups -OCH3 is 1. The predicted molar refractivity (Wildman–Crippen MR) is 102 cm³/mol. The quantitative estimate of drug-likeness (QED) is 0.721. The number of anilines is 2. The van der Waals surface area contributed by atoms with Gasteiger partial charge in [-0.1, -0.05) is 18.5 Å². The number of hydrogen-bond acceptors (Lipinski definition) is 4. The van der Waals surface area contributed by atoms with Crippen molar-refractivity contribution >= 4 is 28.9 Å². The van der Waals surface area contributed by atoms with Crippen LogP contribution in [0.5, 0.6) is 11.5 Å². The number of carbonyl (C=O) groups excluding carboxylic acids is 1. The van der Waals surface area contributed by atoms with E-state index in [9.17, 15) is 4.79 Å². The molecular formula is C19H23ClN2O3. The largest absolute Gasteiger partial charge is 0.495 e. The number of amides is 1. The van der Waals surface area contributed by atoms with Gasteiger partial charge in [0, 0.05) is 11.4 Å². The molecule has 0 saturated heterocycles. The lowest BCUT2D eigenvalue weighted by atomic mass is 10.2.